The Morgan fingerprint density at radius 3 is 2.47 bits per heavy atom. The van der Waals surface area contributed by atoms with Crippen LogP contribution in [-0.4, -0.2) is 5.71 Å². The topological polar surface area (TPSA) is 12.4 Å². The van der Waals surface area contributed by atoms with Crippen molar-refractivity contribution in [3.63, 3.8) is 0 Å². The minimum atomic E-state index is 0.109. The molecule has 1 saturated carbocycles. The first-order valence-electron chi connectivity index (χ1n) is 5.70. The van der Waals surface area contributed by atoms with Crippen LogP contribution in [0.25, 0.3) is 0 Å². The third-order valence-corrected chi connectivity index (χ3v) is 4.36. The minimum Gasteiger partial charge on any atom is -0.282 e. The summed E-state index contributed by atoms with van der Waals surface area (Å²) < 4.78 is 0. The second-order valence-corrected chi connectivity index (χ2v) is 5.46. The number of hydrogen-bond acceptors (Lipinski definition) is 1. The van der Waals surface area contributed by atoms with Gasteiger partial charge in [0.2, 0.25) is 0 Å². The third kappa shape index (κ3) is 0.914. The van der Waals surface area contributed by atoms with Crippen molar-refractivity contribution in [1.82, 2.24) is 0 Å². The first-order chi connectivity index (χ1) is 7.09. The molecule has 0 bridgehead atoms. The van der Waals surface area contributed by atoms with Gasteiger partial charge in [0.05, 0.1) is 5.54 Å². The van der Waals surface area contributed by atoms with Gasteiger partial charge in [-0.25, -0.2) is 0 Å². The maximum atomic E-state index is 4.93. The molecule has 1 nitrogen and oxygen atoms in total. The van der Waals surface area contributed by atoms with Crippen molar-refractivity contribution < 1.29 is 0 Å². The highest BCUT2D eigenvalue weighted by Crippen LogP contribution is 2.74. The average molecular weight is 199 g/mol. The van der Waals surface area contributed by atoms with Crippen molar-refractivity contribution in [1.29, 1.82) is 0 Å². The molecule has 1 heterocycles. The summed E-state index contributed by atoms with van der Waals surface area (Å²) in [6.45, 7) is 6.86. The Kier molecular flexibility index (Phi) is 1.54. The lowest BCUT2D eigenvalue weighted by Gasteiger charge is -2.16. The Hall–Kier alpha value is -1.11. The summed E-state index contributed by atoms with van der Waals surface area (Å²) in [6, 6.07) is 10.8. The predicted octanol–water partition coefficient (Wildman–Crippen LogP) is 3.40. The van der Waals surface area contributed by atoms with Crippen LogP contribution in [0.3, 0.4) is 0 Å². The molecule has 1 aromatic rings. The molecule has 78 valence electrons. The Labute approximate surface area is 91.2 Å². The first kappa shape index (κ1) is 9.14. The van der Waals surface area contributed by atoms with Gasteiger partial charge in [-0.1, -0.05) is 44.2 Å². The zero-order valence-electron chi connectivity index (χ0n) is 9.62. The van der Waals surface area contributed by atoms with Gasteiger partial charge in [0.1, 0.15) is 0 Å². The van der Waals surface area contributed by atoms with Crippen LogP contribution in [-0.2, 0) is 5.54 Å². The molecule has 0 aromatic heterocycles. The molecule has 3 rings (SSSR count). The van der Waals surface area contributed by atoms with Gasteiger partial charge >= 0.3 is 0 Å². The number of nitrogens with zero attached hydrogens (tertiary/aromatic N) is 1. The molecule has 1 aromatic carbocycles. The van der Waals surface area contributed by atoms with Crippen LogP contribution in [0.1, 0.15) is 32.8 Å². The molecule has 2 unspecified atom stereocenters. The van der Waals surface area contributed by atoms with Crippen LogP contribution in [0.5, 0.6) is 0 Å². The Bertz CT molecular complexity index is 430. The molecule has 15 heavy (non-hydrogen) atoms. The van der Waals surface area contributed by atoms with E-state index in [0.29, 0.717) is 5.41 Å². The van der Waals surface area contributed by atoms with Crippen molar-refractivity contribution in [3.05, 3.63) is 35.9 Å². The summed E-state index contributed by atoms with van der Waals surface area (Å²) in [7, 11) is 0. The fourth-order valence-electron chi connectivity index (χ4n) is 3.44. The van der Waals surface area contributed by atoms with E-state index < -0.39 is 0 Å². The smallest absolute Gasteiger partial charge is 0.0947 e. The lowest BCUT2D eigenvalue weighted by molar-refractivity contribution is 0.499. The molecule has 2 atom stereocenters. The largest absolute Gasteiger partial charge is 0.282 e. The lowest BCUT2D eigenvalue weighted by atomic mass is 9.96. The van der Waals surface area contributed by atoms with Crippen LogP contribution in [0, 0.1) is 11.3 Å². The average Bonchev–Trinajstić information content (AvgIpc) is 2.59. The van der Waals surface area contributed by atoms with E-state index in [4.69, 9.17) is 4.99 Å². The molecule has 0 radical (unpaired) electrons. The fourth-order valence-corrected chi connectivity index (χ4v) is 3.44. The van der Waals surface area contributed by atoms with Crippen molar-refractivity contribution in [2.45, 2.75) is 32.7 Å². The van der Waals surface area contributed by atoms with E-state index in [1.165, 1.54) is 17.7 Å². The number of aliphatic imine (C=N–C) groups is 1. The zero-order valence-corrected chi connectivity index (χ0v) is 9.62. The Balaban J connectivity index is 2.13. The normalized spacial score (nSPS) is 35.9. The lowest BCUT2D eigenvalue weighted by Crippen LogP contribution is -2.12. The summed E-state index contributed by atoms with van der Waals surface area (Å²) in [4.78, 5) is 4.93. The maximum absolute atomic E-state index is 4.93. The second kappa shape index (κ2) is 2.52. The SMILES string of the molecule is CC1=NC2(c3ccccc3)C(C1)C2(C)C. The van der Waals surface area contributed by atoms with E-state index in [9.17, 15) is 0 Å². The van der Waals surface area contributed by atoms with E-state index in [1.54, 1.807) is 0 Å². The van der Waals surface area contributed by atoms with Crippen LogP contribution in [0.4, 0.5) is 0 Å². The van der Waals surface area contributed by atoms with E-state index >= 15 is 0 Å². The van der Waals surface area contributed by atoms with Gasteiger partial charge in [-0.2, -0.15) is 0 Å². The molecule has 0 saturated heterocycles. The van der Waals surface area contributed by atoms with E-state index in [-0.39, 0.29) is 5.54 Å². The Morgan fingerprint density at radius 2 is 1.87 bits per heavy atom. The molecule has 1 aliphatic carbocycles. The van der Waals surface area contributed by atoms with Crippen molar-refractivity contribution in [3.8, 4) is 0 Å². The number of hydrogen-bond donors (Lipinski definition) is 0. The maximum Gasteiger partial charge on any atom is 0.0947 e. The van der Waals surface area contributed by atoms with Crippen LogP contribution in [0.15, 0.2) is 35.3 Å². The number of benzene rings is 1. The van der Waals surface area contributed by atoms with Gasteiger partial charge < -0.3 is 0 Å². The van der Waals surface area contributed by atoms with Gasteiger partial charge in [0.15, 0.2) is 0 Å². The van der Waals surface area contributed by atoms with E-state index in [0.717, 1.165) is 5.92 Å². The zero-order chi connectivity index (χ0) is 10.7. The summed E-state index contributed by atoms with van der Waals surface area (Å²) in [6.07, 6.45) is 1.18. The van der Waals surface area contributed by atoms with Crippen molar-refractivity contribution in [2.24, 2.45) is 16.3 Å². The van der Waals surface area contributed by atoms with Crippen LogP contribution >= 0.6 is 0 Å². The van der Waals surface area contributed by atoms with Crippen LogP contribution in [0.2, 0.25) is 0 Å². The third-order valence-electron chi connectivity index (χ3n) is 4.36. The van der Waals surface area contributed by atoms with Gasteiger partial charge in [-0.05, 0) is 18.9 Å². The van der Waals surface area contributed by atoms with Crippen molar-refractivity contribution >= 4 is 5.71 Å². The number of fused-ring (bicyclic) bond motifs is 1. The van der Waals surface area contributed by atoms with Gasteiger partial charge in [-0.3, -0.25) is 4.99 Å². The molecular formula is C14H17N. The van der Waals surface area contributed by atoms with Gasteiger partial charge in [-0.15, -0.1) is 0 Å². The standard InChI is InChI=1S/C14H17N/c1-10-9-12-13(2,3)14(12,15-10)11-7-5-4-6-8-11/h4-8,12H,9H2,1-3H3. The highest BCUT2D eigenvalue weighted by atomic mass is 15.1. The molecule has 0 N–H and O–H groups in total. The first-order valence-corrected chi connectivity index (χ1v) is 5.70. The van der Waals surface area contributed by atoms with E-state index in [2.05, 4.69) is 51.1 Å². The fraction of sp³-hybridized carbons (Fsp3) is 0.500. The van der Waals surface area contributed by atoms with Crippen LogP contribution < -0.4 is 0 Å². The summed E-state index contributed by atoms with van der Waals surface area (Å²) >= 11 is 0. The molecule has 1 heteroatoms. The highest BCUT2D eigenvalue weighted by Gasteiger charge is 2.74. The van der Waals surface area contributed by atoms with Gasteiger partial charge in [0, 0.05) is 17.0 Å². The second-order valence-electron chi connectivity index (χ2n) is 5.46. The number of rotatable bonds is 1. The summed E-state index contributed by atoms with van der Waals surface area (Å²) in [5.41, 5.74) is 3.19. The predicted molar refractivity (Wildman–Crippen MR) is 63.1 cm³/mol. The minimum absolute atomic E-state index is 0.109. The Morgan fingerprint density at radius 1 is 1.20 bits per heavy atom. The quantitative estimate of drug-likeness (QED) is 0.657. The van der Waals surface area contributed by atoms with Crippen molar-refractivity contribution in [2.75, 3.05) is 0 Å². The summed E-state index contributed by atoms with van der Waals surface area (Å²) in [5, 5.41) is 0. The highest BCUT2D eigenvalue weighted by molar-refractivity contribution is 5.87. The monoisotopic (exact) mass is 199 g/mol. The summed E-state index contributed by atoms with van der Waals surface area (Å²) in [5.74, 6) is 0.729. The molecule has 1 fully saturated rings. The molecule has 2 aliphatic rings. The molecule has 0 spiro atoms. The molecule has 1 aliphatic heterocycles. The molecule has 0 amide bonds. The molecular weight excluding hydrogens is 182 g/mol. The van der Waals surface area contributed by atoms with Gasteiger partial charge in [0.25, 0.3) is 0 Å². The van der Waals surface area contributed by atoms with E-state index in [1.807, 2.05) is 0 Å².